The zero-order valence-corrected chi connectivity index (χ0v) is 24.7. The Morgan fingerprint density at radius 2 is 1.88 bits per heavy atom. The SMILES string of the molecule is COc1ccc(C2OCC(C)(C)[C@H](C(=O)CCCC(O)C(=O)NCc3cccc(OCCNS(C)(=O)=O)c3)O2)cc1. The molecule has 1 aliphatic rings. The Kier molecular flexibility index (Phi) is 11.7. The molecule has 11 nitrogen and oxygen atoms in total. The smallest absolute Gasteiger partial charge is 0.249 e. The molecule has 1 saturated heterocycles. The van der Waals surface area contributed by atoms with Gasteiger partial charge in [0.25, 0.3) is 0 Å². The van der Waals surface area contributed by atoms with E-state index in [2.05, 4.69) is 10.0 Å². The lowest BCUT2D eigenvalue weighted by Crippen LogP contribution is -2.47. The molecule has 0 spiro atoms. The quantitative estimate of drug-likeness (QED) is 0.265. The fourth-order valence-electron chi connectivity index (χ4n) is 4.34. The van der Waals surface area contributed by atoms with Crippen LogP contribution in [0.2, 0.25) is 0 Å². The van der Waals surface area contributed by atoms with Crippen molar-refractivity contribution in [1.82, 2.24) is 10.0 Å². The molecule has 2 aromatic carbocycles. The highest BCUT2D eigenvalue weighted by molar-refractivity contribution is 7.88. The van der Waals surface area contributed by atoms with Gasteiger partial charge in [-0.3, -0.25) is 9.59 Å². The lowest BCUT2D eigenvalue weighted by Gasteiger charge is -2.41. The molecule has 0 aromatic heterocycles. The van der Waals surface area contributed by atoms with Crippen LogP contribution < -0.4 is 19.5 Å². The first-order valence-corrected chi connectivity index (χ1v) is 15.3. The predicted octanol–water partition coefficient (Wildman–Crippen LogP) is 2.48. The van der Waals surface area contributed by atoms with Crippen LogP contribution in [0.1, 0.15) is 50.5 Å². The highest BCUT2D eigenvalue weighted by Crippen LogP contribution is 2.37. The normalized spacial score (nSPS) is 19.2. The highest BCUT2D eigenvalue weighted by Gasteiger charge is 2.42. The second-order valence-corrected chi connectivity index (χ2v) is 12.5. The molecule has 2 aromatic rings. The maximum atomic E-state index is 13.1. The van der Waals surface area contributed by atoms with Gasteiger partial charge in [-0.2, -0.15) is 0 Å². The molecule has 41 heavy (non-hydrogen) atoms. The summed E-state index contributed by atoms with van der Waals surface area (Å²) in [6.07, 6.45) is -0.954. The molecule has 1 fully saturated rings. The van der Waals surface area contributed by atoms with Crippen LogP contribution in [0, 0.1) is 5.41 Å². The van der Waals surface area contributed by atoms with Gasteiger partial charge in [0, 0.05) is 30.5 Å². The lowest BCUT2D eigenvalue weighted by molar-refractivity contribution is -0.257. The highest BCUT2D eigenvalue weighted by atomic mass is 32.2. The molecule has 3 N–H and O–H groups in total. The molecule has 1 heterocycles. The van der Waals surface area contributed by atoms with Crippen molar-refractivity contribution < 1.29 is 42.1 Å². The number of ketones is 1. The van der Waals surface area contributed by atoms with Crippen LogP contribution in [0.15, 0.2) is 48.5 Å². The second-order valence-electron chi connectivity index (χ2n) is 10.7. The number of nitrogens with one attached hydrogen (secondary N) is 2. The molecule has 12 heteroatoms. The van der Waals surface area contributed by atoms with Gasteiger partial charge in [-0.1, -0.05) is 38.1 Å². The summed E-state index contributed by atoms with van der Waals surface area (Å²) in [6, 6.07) is 14.3. The van der Waals surface area contributed by atoms with Crippen LogP contribution in [0.5, 0.6) is 11.5 Å². The summed E-state index contributed by atoms with van der Waals surface area (Å²) in [7, 11) is -1.70. The first-order chi connectivity index (χ1) is 19.4. The Hall–Kier alpha value is -3.03. The number of hydrogen-bond acceptors (Lipinski definition) is 9. The van der Waals surface area contributed by atoms with Gasteiger partial charge in [-0.15, -0.1) is 0 Å². The van der Waals surface area contributed by atoms with Crippen molar-refractivity contribution >= 4 is 21.7 Å². The van der Waals surface area contributed by atoms with E-state index in [-0.39, 0.29) is 38.3 Å². The second kappa shape index (κ2) is 14.7. The van der Waals surface area contributed by atoms with Crippen molar-refractivity contribution in [3.8, 4) is 11.5 Å². The number of ether oxygens (including phenoxy) is 4. The summed E-state index contributed by atoms with van der Waals surface area (Å²) in [6.45, 7) is 4.62. The first-order valence-electron chi connectivity index (χ1n) is 13.4. The Morgan fingerprint density at radius 3 is 2.56 bits per heavy atom. The standard InChI is InChI=1S/C29H40N2O9S/c1-29(2)19-39-28(21-11-13-22(37-3)14-12-21)40-26(29)24(32)9-6-10-25(33)27(34)30-18-20-7-5-8-23(17-20)38-16-15-31-41(4,35)36/h5,7-8,11-14,17,25-26,28,31,33H,6,9-10,15-16,18-19H2,1-4H3,(H,30,34)/t25?,26-,28?/m0/s1. The predicted molar refractivity (Wildman–Crippen MR) is 152 cm³/mol. The summed E-state index contributed by atoms with van der Waals surface area (Å²) < 4.78 is 47.3. The molecule has 0 radical (unpaired) electrons. The van der Waals surface area contributed by atoms with E-state index in [1.165, 1.54) is 0 Å². The first kappa shape index (κ1) is 32.5. The van der Waals surface area contributed by atoms with Gasteiger partial charge >= 0.3 is 0 Å². The van der Waals surface area contributed by atoms with Crippen molar-refractivity contribution in [1.29, 1.82) is 0 Å². The summed E-state index contributed by atoms with van der Waals surface area (Å²) in [5.41, 5.74) is 1.00. The van der Waals surface area contributed by atoms with E-state index in [0.717, 1.165) is 17.4 Å². The molecule has 3 rings (SSSR count). The number of Topliss-reactive ketones (excluding diaryl/α,β-unsaturated/α-hetero) is 1. The topological polar surface area (TPSA) is 149 Å². The van der Waals surface area contributed by atoms with Crippen molar-refractivity contribution in [3.05, 3.63) is 59.7 Å². The fourth-order valence-corrected chi connectivity index (χ4v) is 4.79. The number of methoxy groups -OCH3 is 1. The number of rotatable bonds is 15. The lowest BCUT2D eigenvalue weighted by atomic mass is 9.82. The van der Waals surface area contributed by atoms with Crippen LogP contribution in [-0.2, 0) is 35.6 Å². The van der Waals surface area contributed by atoms with Gasteiger partial charge in [-0.25, -0.2) is 13.1 Å². The monoisotopic (exact) mass is 592 g/mol. The van der Waals surface area contributed by atoms with Gasteiger partial charge in [0.1, 0.15) is 30.3 Å². The fraction of sp³-hybridized carbons (Fsp3) is 0.517. The summed E-state index contributed by atoms with van der Waals surface area (Å²) >= 11 is 0. The maximum Gasteiger partial charge on any atom is 0.249 e. The molecular formula is C29H40N2O9S. The Bertz CT molecular complexity index is 1270. The molecule has 0 bridgehead atoms. The van der Waals surface area contributed by atoms with Gasteiger partial charge in [-0.05, 0) is 42.7 Å². The summed E-state index contributed by atoms with van der Waals surface area (Å²) in [5.74, 6) is 0.592. The molecule has 0 saturated carbocycles. The number of sulfonamides is 1. The van der Waals surface area contributed by atoms with Gasteiger partial charge < -0.3 is 29.4 Å². The molecule has 2 unspecified atom stereocenters. The number of aliphatic hydroxyl groups is 1. The summed E-state index contributed by atoms with van der Waals surface area (Å²) in [5, 5.41) is 13.0. The molecule has 226 valence electrons. The average molecular weight is 593 g/mol. The van der Waals surface area contributed by atoms with Crippen LogP contribution >= 0.6 is 0 Å². The van der Waals surface area contributed by atoms with Crippen LogP contribution in [0.3, 0.4) is 0 Å². The minimum atomic E-state index is -3.29. The number of benzene rings is 2. The third-order valence-electron chi connectivity index (χ3n) is 6.56. The molecule has 1 aliphatic heterocycles. The van der Waals surface area contributed by atoms with E-state index in [1.807, 2.05) is 26.0 Å². The number of carbonyl (C=O) groups excluding carboxylic acids is 2. The Labute approximate surface area is 241 Å². The van der Waals surface area contributed by atoms with Crippen molar-refractivity contribution in [2.24, 2.45) is 5.41 Å². The van der Waals surface area contributed by atoms with E-state index in [4.69, 9.17) is 18.9 Å². The largest absolute Gasteiger partial charge is 0.497 e. The summed E-state index contributed by atoms with van der Waals surface area (Å²) in [4.78, 5) is 25.5. The van der Waals surface area contributed by atoms with Gasteiger partial charge in [0.15, 0.2) is 12.1 Å². The van der Waals surface area contributed by atoms with Crippen molar-refractivity contribution in [2.75, 3.05) is 33.1 Å². The average Bonchev–Trinajstić information content (AvgIpc) is 2.93. The van der Waals surface area contributed by atoms with Gasteiger partial charge in [0.05, 0.1) is 20.0 Å². The van der Waals surface area contributed by atoms with E-state index < -0.39 is 39.8 Å². The van der Waals surface area contributed by atoms with E-state index in [9.17, 15) is 23.1 Å². The van der Waals surface area contributed by atoms with E-state index >= 15 is 0 Å². The zero-order chi connectivity index (χ0) is 30.0. The molecular weight excluding hydrogens is 552 g/mol. The Morgan fingerprint density at radius 1 is 1.15 bits per heavy atom. The maximum absolute atomic E-state index is 13.1. The van der Waals surface area contributed by atoms with Crippen molar-refractivity contribution in [2.45, 2.75) is 58.2 Å². The third kappa shape index (κ3) is 10.4. The van der Waals surface area contributed by atoms with Crippen LogP contribution in [0.25, 0.3) is 0 Å². The third-order valence-corrected chi connectivity index (χ3v) is 7.29. The Balaban J connectivity index is 1.42. The van der Waals surface area contributed by atoms with Crippen LogP contribution in [-0.4, -0.2) is 70.5 Å². The van der Waals surface area contributed by atoms with E-state index in [0.29, 0.717) is 24.5 Å². The number of aliphatic hydroxyl groups excluding tert-OH is 1. The zero-order valence-electron chi connectivity index (χ0n) is 23.9. The molecule has 0 aliphatic carbocycles. The molecule has 1 amide bonds. The van der Waals surface area contributed by atoms with Crippen molar-refractivity contribution in [3.63, 3.8) is 0 Å². The molecule has 3 atom stereocenters. The number of hydrogen-bond donors (Lipinski definition) is 3. The van der Waals surface area contributed by atoms with Gasteiger partial charge in [0.2, 0.25) is 15.9 Å². The van der Waals surface area contributed by atoms with Crippen LogP contribution in [0.4, 0.5) is 0 Å². The number of amides is 1. The van der Waals surface area contributed by atoms with E-state index in [1.54, 1.807) is 43.5 Å². The minimum Gasteiger partial charge on any atom is -0.497 e. The minimum absolute atomic E-state index is 0.104. The number of carbonyl (C=O) groups is 2.